The van der Waals surface area contributed by atoms with Crippen LogP contribution in [0.2, 0.25) is 48.8 Å². The lowest BCUT2D eigenvalue weighted by Crippen LogP contribution is -2.47. The summed E-state index contributed by atoms with van der Waals surface area (Å²) in [5.74, 6) is 0.157. The van der Waals surface area contributed by atoms with Gasteiger partial charge in [-0.1, -0.05) is 58.1 Å². The van der Waals surface area contributed by atoms with E-state index in [2.05, 4.69) is 63.9 Å². The van der Waals surface area contributed by atoms with Gasteiger partial charge in [0.1, 0.15) is 42.8 Å². The zero-order valence-corrected chi connectivity index (χ0v) is 35.6. The first-order chi connectivity index (χ1) is 25.5. The number of halogens is 2. The molecule has 16 heteroatoms. The van der Waals surface area contributed by atoms with Crippen LogP contribution >= 0.6 is 11.6 Å². The summed E-state index contributed by atoms with van der Waals surface area (Å²) in [6.07, 6.45) is 3.90. The Labute approximate surface area is 324 Å². The van der Waals surface area contributed by atoms with E-state index in [4.69, 9.17) is 49.7 Å². The third-order valence-corrected chi connectivity index (χ3v) is 17.6. The fourth-order valence-corrected chi connectivity index (χ4v) is 9.35. The highest BCUT2D eigenvalue weighted by Gasteiger charge is 2.52. The largest absolute Gasteiger partial charge is 0.456 e. The number of fused-ring (bicyclic) bond motifs is 3. The number of benzene rings is 1. The number of ether oxygens (including phenoxy) is 5. The number of nitrogens with zero attached hydrogens (tertiary/aromatic N) is 5. The van der Waals surface area contributed by atoms with Gasteiger partial charge >= 0.3 is 6.01 Å². The number of methoxy groups -OCH3 is 1. The van der Waals surface area contributed by atoms with Crippen LogP contribution in [0.5, 0.6) is 6.01 Å². The molecule has 0 radical (unpaired) electrons. The molecular weight excluding hydrogens is 747 g/mol. The number of anilines is 1. The van der Waals surface area contributed by atoms with E-state index in [1.54, 1.807) is 30.1 Å². The molecule has 1 aromatic carbocycles. The topological polar surface area (TPSA) is 116 Å². The highest BCUT2D eigenvalue weighted by Crippen LogP contribution is 2.42. The monoisotopic (exact) mass is 800 g/mol. The molecule has 54 heavy (non-hydrogen) atoms. The second-order valence-electron chi connectivity index (χ2n) is 17.5. The van der Waals surface area contributed by atoms with E-state index in [0.29, 0.717) is 73.0 Å². The maximum absolute atomic E-state index is 15.9. The van der Waals surface area contributed by atoms with Crippen LogP contribution in [0, 0.1) is 5.82 Å². The lowest BCUT2D eigenvalue weighted by atomic mass is 10.0. The molecule has 5 atom stereocenters. The standard InChI is InChI=1S/C38H54ClFN6O6Si2/c1-38(2,3)54(8,9)52-31-20-50-33-30(19-49-34(31)33)51-37-43-29-16-26(39)35(44-36(29)46(37)22-48-12-13-53(5,6)7)42-28-11-10-23-14-24(15-27(40)32(23)28)25-17-41-45(18-25)21-47-4/h14-18,28,30-31,33-34H,10-13,19-22H2,1-9H3,(H,42,44)/t28-,30+,31?,33+,34+/m0/s1. The van der Waals surface area contributed by atoms with E-state index >= 15 is 4.39 Å². The molecule has 12 nitrogen and oxygen atoms in total. The third-order valence-electron chi connectivity index (χ3n) is 11.1. The van der Waals surface area contributed by atoms with Gasteiger partial charge in [0.2, 0.25) is 0 Å². The van der Waals surface area contributed by atoms with Crippen LogP contribution in [0.25, 0.3) is 22.3 Å². The van der Waals surface area contributed by atoms with Gasteiger partial charge in [0.25, 0.3) is 0 Å². The molecule has 0 spiro atoms. The summed E-state index contributed by atoms with van der Waals surface area (Å²) in [6.45, 7) is 20.1. The number of aryl methyl sites for hydroxylation is 1. The van der Waals surface area contributed by atoms with Crippen LogP contribution in [0.1, 0.15) is 44.4 Å². The molecule has 294 valence electrons. The number of hydrogen-bond acceptors (Lipinski definition) is 10. The Bertz CT molecular complexity index is 1980. The van der Waals surface area contributed by atoms with E-state index in [9.17, 15) is 0 Å². The number of rotatable bonds is 14. The molecule has 5 heterocycles. The van der Waals surface area contributed by atoms with E-state index in [1.165, 1.54) is 0 Å². The van der Waals surface area contributed by atoms with Crippen LogP contribution in [0.3, 0.4) is 0 Å². The molecule has 2 aliphatic heterocycles. The van der Waals surface area contributed by atoms with Gasteiger partial charge in [-0.15, -0.1) is 0 Å². The van der Waals surface area contributed by atoms with Crippen molar-refractivity contribution in [1.82, 2.24) is 24.3 Å². The van der Waals surface area contributed by atoms with E-state index in [0.717, 1.165) is 22.7 Å². The summed E-state index contributed by atoms with van der Waals surface area (Å²) in [7, 11) is -1.76. The quantitative estimate of drug-likeness (QED) is 0.0993. The summed E-state index contributed by atoms with van der Waals surface area (Å²) in [6, 6.07) is 6.42. The third kappa shape index (κ3) is 8.15. The highest BCUT2D eigenvalue weighted by atomic mass is 35.5. The molecule has 4 aromatic rings. The van der Waals surface area contributed by atoms with Gasteiger partial charge in [-0.2, -0.15) is 10.1 Å². The van der Waals surface area contributed by atoms with Gasteiger partial charge < -0.3 is 33.4 Å². The Morgan fingerprint density at radius 1 is 1.00 bits per heavy atom. The van der Waals surface area contributed by atoms with E-state index in [1.807, 2.05) is 16.8 Å². The smallest absolute Gasteiger partial charge is 0.301 e. The van der Waals surface area contributed by atoms with Gasteiger partial charge in [-0.3, -0.25) is 4.57 Å². The minimum atomic E-state index is -2.04. The molecule has 3 aromatic heterocycles. The van der Waals surface area contributed by atoms with Crippen molar-refractivity contribution in [1.29, 1.82) is 0 Å². The van der Waals surface area contributed by atoms with Crippen molar-refractivity contribution in [2.45, 2.75) is 121 Å². The minimum absolute atomic E-state index is 0.0663. The second-order valence-corrected chi connectivity index (χ2v) is 28.2. The summed E-state index contributed by atoms with van der Waals surface area (Å²) in [5, 5.41) is 8.21. The lowest BCUT2D eigenvalue weighted by molar-refractivity contribution is 0.00687. The molecule has 1 N–H and O–H groups in total. The molecule has 0 bridgehead atoms. The number of nitrogens with one attached hydrogen (secondary N) is 1. The van der Waals surface area contributed by atoms with Crippen LogP contribution in [0.4, 0.5) is 10.2 Å². The SMILES string of the molecule is COCn1cc(-c2cc(F)c3c(c2)CC[C@@H]3Nc2nc3c(cc2Cl)nc(O[C@@H]2CO[C@@H]4C(O[Si](C)(C)C(C)(C)C)CO[C@@H]42)n3COCC[Si](C)(C)C)cn1. The summed E-state index contributed by atoms with van der Waals surface area (Å²) < 4.78 is 56.6. The zero-order valence-electron chi connectivity index (χ0n) is 32.9. The number of imidazole rings is 1. The molecule has 0 amide bonds. The predicted molar refractivity (Wildman–Crippen MR) is 212 cm³/mol. The Hall–Kier alpha value is -2.90. The predicted octanol–water partition coefficient (Wildman–Crippen LogP) is 8.04. The number of pyridine rings is 1. The van der Waals surface area contributed by atoms with Crippen LogP contribution < -0.4 is 10.1 Å². The fourth-order valence-electron chi connectivity index (χ4n) is 7.08. The molecule has 2 saturated heterocycles. The Morgan fingerprint density at radius 2 is 1.74 bits per heavy atom. The van der Waals surface area contributed by atoms with Crippen molar-refractivity contribution in [2.75, 3.05) is 32.2 Å². The maximum Gasteiger partial charge on any atom is 0.301 e. The first-order valence-corrected chi connectivity index (χ1v) is 25.8. The van der Waals surface area contributed by atoms with Crippen molar-refractivity contribution >= 4 is 45.0 Å². The average molecular weight is 802 g/mol. The van der Waals surface area contributed by atoms with E-state index < -0.39 is 22.5 Å². The fraction of sp³-hybridized carbons (Fsp3) is 0.605. The van der Waals surface area contributed by atoms with E-state index in [-0.39, 0.29) is 41.9 Å². The first-order valence-electron chi connectivity index (χ1n) is 18.8. The number of hydrogen-bond donors (Lipinski definition) is 1. The van der Waals surface area contributed by atoms with Crippen LogP contribution in [-0.4, -0.2) is 92.1 Å². The van der Waals surface area contributed by atoms with Crippen molar-refractivity contribution in [3.63, 3.8) is 0 Å². The Balaban J connectivity index is 1.13. The van der Waals surface area contributed by atoms with Gasteiger partial charge in [-0.25, -0.2) is 14.1 Å². The molecule has 0 saturated carbocycles. The Kier molecular flexibility index (Phi) is 11.1. The van der Waals surface area contributed by atoms with Crippen molar-refractivity contribution < 1.29 is 32.5 Å². The van der Waals surface area contributed by atoms with Crippen LogP contribution in [0.15, 0.2) is 30.6 Å². The maximum atomic E-state index is 15.9. The first kappa shape index (κ1) is 39.3. The van der Waals surface area contributed by atoms with Crippen molar-refractivity contribution in [2.24, 2.45) is 0 Å². The average Bonchev–Trinajstić information content (AvgIpc) is 3.91. The van der Waals surface area contributed by atoms with Crippen molar-refractivity contribution in [3.05, 3.63) is 52.6 Å². The molecule has 1 unspecified atom stereocenters. The second kappa shape index (κ2) is 15.2. The Morgan fingerprint density at radius 3 is 2.46 bits per heavy atom. The highest BCUT2D eigenvalue weighted by molar-refractivity contribution is 6.76. The zero-order chi connectivity index (χ0) is 38.6. The van der Waals surface area contributed by atoms with Gasteiger partial charge in [-0.05, 0) is 60.3 Å². The summed E-state index contributed by atoms with van der Waals surface area (Å²) in [4.78, 5) is 9.82. The molecule has 2 fully saturated rings. The summed E-state index contributed by atoms with van der Waals surface area (Å²) >= 11 is 6.86. The van der Waals surface area contributed by atoms with Gasteiger partial charge in [0.15, 0.2) is 20.1 Å². The lowest BCUT2D eigenvalue weighted by Gasteiger charge is -2.39. The molecular formula is C38H54ClFN6O6Si2. The molecule has 1 aliphatic carbocycles. The van der Waals surface area contributed by atoms with Gasteiger partial charge in [0.05, 0.1) is 36.6 Å². The normalized spacial score (nSPS) is 23.0. The van der Waals surface area contributed by atoms with Gasteiger partial charge in [0, 0.05) is 39.1 Å². The summed E-state index contributed by atoms with van der Waals surface area (Å²) in [5.41, 5.74) is 4.28. The van der Waals surface area contributed by atoms with Crippen molar-refractivity contribution in [3.8, 4) is 17.1 Å². The van der Waals surface area contributed by atoms with Crippen LogP contribution in [-0.2, 0) is 43.3 Å². The molecule has 3 aliphatic rings. The number of aromatic nitrogens is 5. The molecule has 7 rings (SSSR count). The minimum Gasteiger partial charge on any atom is -0.456 e.